The lowest BCUT2D eigenvalue weighted by Gasteiger charge is -2.35. The van der Waals surface area contributed by atoms with Gasteiger partial charge in [0.25, 0.3) is 0 Å². The summed E-state index contributed by atoms with van der Waals surface area (Å²) in [7, 11) is 0. The fourth-order valence-corrected chi connectivity index (χ4v) is 2.64. The second-order valence-electron chi connectivity index (χ2n) is 5.69. The van der Waals surface area contributed by atoms with Gasteiger partial charge in [0.2, 0.25) is 0 Å². The highest BCUT2D eigenvalue weighted by atomic mass is 14.9. The molecular formula is C14H22N2. The lowest BCUT2D eigenvalue weighted by atomic mass is 9.75. The van der Waals surface area contributed by atoms with E-state index in [1.54, 1.807) is 0 Å². The third-order valence-corrected chi connectivity index (χ3v) is 3.55. The number of hydrogen-bond donors (Lipinski definition) is 1. The number of rotatable bonds is 3. The van der Waals surface area contributed by atoms with E-state index in [4.69, 9.17) is 0 Å². The summed E-state index contributed by atoms with van der Waals surface area (Å²) in [5, 5.41) is 3.67. The largest absolute Gasteiger partial charge is 0.310 e. The smallest absolute Gasteiger partial charge is 0.0271 e. The van der Waals surface area contributed by atoms with Crippen LogP contribution in [0.25, 0.3) is 0 Å². The maximum atomic E-state index is 4.04. The molecule has 1 fully saturated rings. The Labute approximate surface area is 98.5 Å². The molecule has 2 rings (SSSR count). The van der Waals surface area contributed by atoms with Crippen molar-refractivity contribution in [1.29, 1.82) is 0 Å². The Balaban J connectivity index is 1.82. The van der Waals surface area contributed by atoms with Gasteiger partial charge in [0.05, 0.1) is 0 Å². The van der Waals surface area contributed by atoms with Crippen LogP contribution in [0.4, 0.5) is 0 Å². The Kier molecular flexibility index (Phi) is 3.59. The van der Waals surface area contributed by atoms with Gasteiger partial charge in [-0.25, -0.2) is 0 Å². The molecule has 0 radical (unpaired) electrons. The van der Waals surface area contributed by atoms with Gasteiger partial charge in [0.15, 0.2) is 0 Å². The van der Waals surface area contributed by atoms with Crippen LogP contribution in [0.2, 0.25) is 0 Å². The molecule has 1 aliphatic carbocycles. The molecule has 1 heterocycles. The lowest BCUT2D eigenvalue weighted by molar-refractivity contribution is 0.198. The van der Waals surface area contributed by atoms with Crippen LogP contribution in [-0.2, 0) is 6.54 Å². The zero-order valence-electron chi connectivity index (χ0n) is 10.4. The normalized spacial score (nSPS) is 24.2. The number of pyridine rings is 1. The molecule has 2 heteroatoms. The van der Waals surface area contributed by atoms with E-state index in [0.29, 0.717) is 11.5 Å². The van der Waals surface area contributed by atoms with Crippen LogP contribution in [-0.4, -0.2) is 11.0 Å². The van der Waals surface area contributed by atoms with Gasteiger partial charge in [-0.15, -0.1) is 0 Å². The third-order valence-electron chi connectivity index (χ3n) is 3.55. The van der Waals surface area contributed by atoms with Crippen LogP contribution in [0, 0.1) is 5.41 Å². The minimum Gasteiger partial charge on any atom is -0.310 e. The van der Waals surface area contributed by atoms with Crippen LogP contribution in [0.3, 0.4) is 0 Å². The first-order chi connectivity index (χ1) is 7.66. The van der Waals surface area contributed by atoms with E-state index in [-0.39, 0.29) is 0 Å². The Hall–Kier alpha value is -0.890. The van der Waals surface area contributed by atoms with Crippen LogP contribution in [0.5, 0.6) is 0 Å². The van der Waals surface area contributed by atoms with Crippen LogP contribution in [0.15, 0.2) is 24.5 Å². The Morgan fingerprint density at radius 3 is 2.81 bits per heavy atom. The highest BCUT2D eigenvalue weighted by molar-refractivity contribution is 5.09. The number of nitrogens with one attached hydrogen (secondary N) is 1. The van der Waals surface area contributed by atoms with Crippen LogP contribution >= 0.6 is 0 Å². The van der Waals surface area contributed by atoms with Gasteiger partial charge in [-0.3, -0.25) is 4.98 Å². The Morgan fingerprint density at radius 2 is 2.12 bits per heavy atom. The first-order valence-corrected chi connectivity index (χ1v) is 6.28. The average Bonchev–Trinajstić information content (AvgIpc) is 2.27. The van der Waals surface area contributed by atoms with Crippen molar-refractivity contribution >= 4 is 0 Å². The number of aromatic nitrogens is 1. The molecule has 1 atom stereocenters. The van der Waals surface area contributed by atoms with Gasteiger partial charge in [0.1, 0.15) is 0 Å². The van der Waals surface area contributed by atoms with Crippen molar-refractivity contribution in [2.24, 2.45) is 5.41 Å². The molecule has 1 aromatic heterocycles. The van der Waals surface area contributed by atoms with Gasteiger partial charge in [-0.2, -0.15) is 0 Å². The minimum absolute atomic E-state index is 0.522. The lowest BCUT2D eigenvalue weighted by Crippen LogP contribution is -2.36. The van der Waals surface area contributed by atoms with E-state index >= 15 is 0 Å². The first kappa shape index (κ1) is 11.6. The Bertz CT molecular complexity index is 319. The summed E-state index contributed by atoms with van der Waals surface area (Å²) in [6.07, 6.45) is 9.09. The second kappa shape index (κ2) is 4.96. The summed E-state index contributed by atoms with van der Waals surface area (Å²) in [4.78, 5) is 4.04. The highest BCUT2D eigenvalue weighted by Crippen LogP contribution is 2.35. The van der Waals surface area contributed by atoms with Crippen molar-refractivity contribution in [1.82, 2.24) is 10.3 Å². The molecule has 0 saturated heterocycles. The fourth-order valence-electron chi connectivity index (χ4n) is 2.64. The van der Waals surface area contributed by atoms with Crippen molar-refractivity contribution in [3.63, 3.8) is 0 Å². The molecule has 1 saturated carbocycles. The summed E-state index contributed by atoms with van der Waals surface area (Å²) in [5.41, 5.74) is 1.85. The summed E-state index contributed by atoms with van der Waals surface area (Å²) >= 11 is 0. The van der Waals surface area contributed by atoms with Crippen LogP contribution in [0.1, 0.15) is 45.1 Å². The number of nitrogens with zero attached hydrogens (tertiary/aromatic N) is 1. The van der Waals surface area contributed by atoms with E-state index in [0.717, 1.165) is 6.54 Å². The average molecular weight is 218 g/mol. The topological polar surface area (TPSA) is 24.9 Å². The summed E-state index contributed by atoms with van der Waals surface area (Å²) in [6.45, 7) is 5.74. The molecule has 2 nitrogen and oxygen atoms in total. The highest BCUT2D eigenvalue weighted by Gasteiger charge is 2.27. The van der Waals surface area contributed by atoms with E-state index in [2.05, 4.69) is 36.3 Å². The summed E-state index contributed by atoms with van der Waals surface area (Å²) < 4.78 is 0. The monoisotopic (exact) mass is 218 g/mol. The van der Waals surface area contributed by atoms with E-state index in [9.17, 15) is 0 Å². The van der Waals surface area contributed by atoms with Gasteiger partial charge in [0, 0.05) is 25.0 Å². The molecule has 88 valence electrons. The molecule has 0 bridgehead atoms. The maximum Gasteiger partial charge on any atom is 0.0271 e. The predicted octanol–water partition coefficient (Wildman–Crippen LogP) is 3.14. The van der Waals surface area contributed by atoms with Gasteiger partial charge in [-0.05, 0) is 42.4 Å². The number of hydrogen-bond acceptors (Lipinski definition) is 2. The van der Waals surface area contributed by atoms with E-state index in [1.165, 1.54) is 31.2 Å². The standard InChI is InChI=1S/C14H22N2/c1-14(2)7-3-4-13(10-14)16-11-12-5-8-15-9-6-12/h5-6,8-9,13,16H,3-4,7,10-11H2,1-2H3. The quantitative estimate of drug-likeness (QED) is 0.843. The summed E-state index contributed by atoms with van der Waals surface area (Å²) in [6, 6.07) is 4.86. The van der Waals surface area contributed by atoms with E-state index < -0.39 is 0 Å². The summed E-state index contributed by atoms with van der Waals surface area (Å²) in [5.74, 6) is 0. The van der Waals surface area contributed by atoms with E-state index in [1.807, 2.05) is 12.4 Å². The molecule has 1 unspecified atom stereocenters. The molecule has 1 N–H and O–H groups in total. The molecule has 0 aromatic carbocycles. The zero-order valence-corrected chi connectivity index (χ0v) is 10.4. The third kappa shape index (κ3) is 3.31. The Morgan fingerprint density at radius 1 is 1.38 bits per heavy atom. The van der Waals surface area contributed by atoms with Gasteiger partial charge >= 0.3 is 0 Å². The van der Waals surface area contributed by atoms with Gasteiger partial charge in [-0.1, -0.05) is 20.3 Å². The SMILES string of the molecule is CC1(C)CCCC(NCc2ccncc2)C1. The molecular weight excluding hydrogens is 196 g/mol. The molecule has 0 spiro atoms. The maximum absolute atomic E-state index is 4.04. The van der Waals surface area contributed by atoms with Crippen molar-refractivity contribution in [2.45, 2.75) is 52.1 Å². The molecule has 1 aromatic rings. The molecule has 0 aliphatic heterocycles. The van der Waals surface area contributed by atoms with Crippen molar-refractivity contribution in [3.05, 3.63) is 30.1 Å². The molecule has 16 heavy (non-hydrogen) atoms. The molecule has 0 amide bonds. The minimum atomic E-state index is 0.522. The van der Waals surface area contributed by atoms with Crippen molar-refractivity contribution < 1.29 is 0 Å². The fraction of sp³-hybridized carbons (Fsp3) is 0.643. The van der Waals surface area contributed by atoms with Gasteiger partial charge < -0.3 is 5.32 Å². The zero-order chi connectivity index (χ0) is 11.4. The first-order valence-electron chi connectivity index (χ1n) is 6.28. The second-order valence-corrected chi connectivity index (χ2v) is 5.69. The van der Waals surface area contributed by atoms with Crippen molar-refractivity contribution in [3.8, 4) is 0 Å². The predicted molar refractivity (Wildman–Crippen MR) is 67.1 cm³/mol. The van der Waals surface area contributed by atoms with Crippen molar-refractivity contribution in [2.75, 3.05) is 0 Å². The van der Waals surface area contributed by atoms with Crippen LogP contribution < -0.4 is 5.32 Å². The molecule has 1 aliphatic rings.